The Morgan fingerprint density at radius 1 is 1.03 bits per heavy atom. The number of piperazine rings is 1. The largest absolute Gasteiger partial charge is 0.417 e. The Hall–Kier alpha value is -2.37. The van der Waals surface area contributed by atoms with Crippen molar-refractivity contribution in [3.63, 3.8) is 0 Å². The summed E-state index contributed by atoms with van der Waals surface area (Å²) >= 11 is 6.97. The number of nitrogens with zero attached hydrogens (tertiary/aromatic N) is 4. The highest BCUT2D eigenvalue weighted by molar-refractivity contribution is 7.99. The molecule has 0 N–H and O–H groups in total. The van der Waals surface area contributed by atoms with E-state index in [4.69, 9.17) is 11.6 Å². The third-order valence-electron chi connectivity index (χ3n) is 6.36. The number of aryl methyl sites for hydroxylation is 1. The number of hydrogen-bond acceptors (Lipinski definition) is 5. The Morgan fingerprint density at radius 3 is 2.43 bits per heavy atom. The topological polar surface area (TPSA) is 41.4 Å². The average Bonchev–Trinajstić information content (AvgIpc) is 3.02. The van der Waals surface area contributed by atoms with Gasteiger partial charge in [-0.2, -0.15) is 18.2 Å². The molecule has 2 aromatic carbocycles. The van der Waals surface area contributed by atoms with E-state index >= 15 is 0 Å². The van der Waals surface area contributed by atoms with Crippen LogP contribution in [-0.4, -0.2) is 53.4 Å². The van der Waals surface area contributed by atoms with Crippen LogP contribution in [0.25, 0.3) is 22.0 Å². The van der Waals surface area contributed by atoms with Gasteiger partial charge in [-0.15, -0.1) is 11.8 Å². The zero-order valence-electron chi connectivity index (χ0n) is 18.6. The van der Waals surface area contributed by atoms with Crippen LogP contribution in [0, 0.1) is 11.6 Å². The van der Waals surface area contributed by atoms with Crippen molar-refractivity contribution in [3.05, 3.63) is 50.9 Å². The van der Waals surface area contributed by atoms with Gasteiger partial charge in [-0.25, -0.2) is 13.6 Å². The normalized spacial score (nSPS) is 17.2. The number of alkyl halides is 3. The molecule has 1 aromatic heterocycles. The summed E-state index contributed by atoms with van der Waals surface area (Å²) in [6.07, 6.45) is -4.35. The highest BCUT2D eigenvalue weighted by Crippen LogP contribution is 2.49. The van der Waals surface area contributed by atoms with E-state index in [9.17, 15) is 26.7 Å². The van der Waals surface area contributed by atoms with E-state index in [-0.39, 0.29) is 28.2 Å². The molecular formula is C23H20ClF5N4OS. The second-order valence-electron chi connectivity index (χ2n) is 8.63. The first-order chi connectivity index (χ1) is 16.6. The molecule has 3 aromatic rings. The van der Waals surface area contributed by atoms with E-state index in [1.807, 2.05) is 11.9 Å². The van der Waals surface area contributed by atoms with Gasteiger partial charge in [0.1, 0.15) is 17.5 Å². The molecule has 5 rings (SSSR count). The van der Waals surface area contributed by atoms with Gasteiger partial charge in [-0.3, -0.25) is 4.57 Å². The maximum Gasteiger partial charge on any atom is 0.417 e. The Bertz CT molecular complexity index is 1390. The molecule has 0 amide bonds. The SMILES string of the molecule is CN1CCN(c2nc(=O)n3c4c(c(-c5cc(Cl)c(F)cc5F)c(C(F)(F)F)cc24)SCCC3)CC1. The van der Waals surface area contributed by atoms with Gasteiger partial charge in [-0.1, -0.05) is 11.6 Å². The monoisotopic (exact) mass is 530 g/mol. The lowest BCUT2D eigenvalue weighted by Crippen LogP contribution is -2.45. The van der Waals surface area contributed by atoms with E-state index in [2.05, 4.69) is 9.88 Å². The predicted octanol–water partition coefficient (Wildman–Crippen LogP) is 5.26. The fraction of sp³-hybridized carbons (Fsp3) is 0.391. The Morgan fingerprint density at radius 2 is 1.74 bits per heavy atom. The van der Waals surface area contributed by atoms with E-state index in [0.717, 1.165) is 23.9 Å². The van der Waals surface area contributed by atoms with Crippen LogP contribution in [0.1, 0.15) is 12.0 Å². The molecule has 35 heavy (non-hydrogen) atoms. The molecule has 0 radical (unpaired) electrons. The number of hydrogen-bond donors (Lipinski definition) is 0. The van der Waals surface area contributed by atoms with Gasteiger partial charge in [0.25, 0.3) is 0 Å². The Balaban J connectivity index is 1.91. The van der Waals surface area contributed by atoms with Crippen molar-refractivity contribution in [2.24, 2.45) is 0 Å². The van der Waals surface area contributed by atoms with Crippen molar-refractivity contribution in [1.29, 1.82) is 0 Å². The highest BCUT2D eigenvalue weighted by atomic mass is 35.5. The van der Waals surface area contributed by atoms with Crippen LogP contribution >= 0.6 is 23.4 Å². The number of thioether (sulfide) groups is 1. The van der Waals surface area contributed by atoms with E-state index in [1.165, 1.54) is 4.57 Å². The maximum atomic E-state index is 14.9. The van der Waals surface area contributed by atoms with Gasteiger partial charge in [0.15, 0.2) is 0 Å². The summed E-state index contributed by atoms with van der Waals surface area (Å²) < 4.78 is 73.6. The van der Waals surface area contributed by atoms with Gasteiger partial charge in [0.2, 0.25) is 0 Å². The zero-order chi connectivity index (χ0) is 25.1. The number of rotatable bonds is 2. The van der Waals surface area contributed by atoms with Crippen molar-refractivity contribution in [2.45, 2.75) is 24.0 Å². The number of likely N-dealkylation sites (N-methyl/N-ethyl adjacent to an activating group) is 1. The summed E-state index contributed by atoms with van der Waals surface area (Å²) in [6, 6.07) is 2.29. The van der Waals surface area contributed by atoms with Crippen LogP contribution in [0.3, 0.4) is 0 Å². The van der Waals surface area contributed by atoms with Crippen molar-refractivity contribution in [1.82, 2.24) is 14.5 Å². The molecule has 0 bridgehead atoms. The van der Waals surface area contributed by atoms with Gasteiger partial charge >= 0.3 is 11.9 Å². The summed E-state index contributed by atoms with van der Waals surface area (Å²) in [5.74, 6) is -1.64. The van der Waals surface area contributed by atoms with Crippen LogP contribution < -0.4 is 10.6 Å². The molecule has 0 aliphatic carbocycles. The van der Waals surface area contributed by atoms with Gasteiger partial charge in [0.05, 0.1) is 16.1 Å². The minimum atomic E-state index is -4.86. The standard InChI is InChI=1S/C23H20ClF5N4OS/c1-31-4-6-32(7-5-31)21-13-9-14(23(27,28)29)18(12-10-15(24)17(26)11-16(12)25)20-19(13)33(22(34)30-21)3-2-8-35-20/h9-11H,2-8H2,1H3. The molecule has 0 spiro atoms. The van der Waals surface area contributed by atoms with Crippen LogP contribution in [-0.2, 0) is 12.7 Å². The molecule has 5 nitrogen and oxygen atoms in total. The highest BCUT2D eigenvalue weighted by Gasteiger charge is 2.38. The summed E-state index contributed by atoms with van der Waals surface area (Å²) in [4.78, 5) is 21.3. The molecule has 12 heteroatoms. The Kier molecular flexibility index (Phi) is 6.21. The van der Waals surface area contributed by atoms with Crippen molar-refractivity contribution < 1.29 is 22.0 Å². The Labute approximate surface area is 206 Å². The van der Waals surface area contributed by atoms with E-state index in [1.54, 1.807) is 0 Å². The minimum absolute atomic E-state index is 0.115. The minimum Gasteiger partial charge on any atom is -0.353 e. The summed E-state index contributed by atoms with van der Waals surface area (Å²) in [5, 5.41) is -0.311. The summed E-state index contributed by atoms with van der Waals surface area (Å²) in [6.45, 7) is 2.59. The van der Waals surface area contributed by atoms with E-state index in [0.29, 0.717) is 44.4 Å². The van der Waals surface area contributed by atoms with Crippen molar-refractivity contribution in [3.8, 4) is 11.1 Å². The van der Waals surface area contributed by atoms with Gasteiger partial charge in [0, 0.05) is 60.2 Å². The number of halogens is 6. The van der Waals surface area contributed by atoms with E-state index < -0.39 is 45.2 Å². The number of benzene rings is 2. The van der Waals surface area contributed by atoms with Crippen molar-refractivity contribution >= 4 is 40.1 Å². The zero-order valence-corrected chi connectivity index (χ0v) is 20.1. The number of aromatic nitrogens is 2. The molecule has 0 unspecified atom stereocenters. The molecule has 1 fully saturated rings. The third-order valence-corrected chi connectivity index (χ3v) is 7.83. The van der Waals surface area contributed by atoms with Gasteiger partial charge < -0.3 is 9.80 Å². The maximum absolute atomic E-state index is 14.9. The molecule has 0 atom stereocenters. The second-order valence-corrected chi connectivity index (χ2v) is 10.1. The molecule has 1 saturated heterocycles. The first-order valence-corrected chi connectivity index (χ1v) is 12.3. The number of anilines is 1. The molecule has 2 aliphatic heterocycles. The molecule has 186 valence electrons. The predicted molar refractivity (Wildman–Crippen MR) is 126 cm³/mol. The van der Waals surface area contributed by atoms with Crippen LogP contribution in [0.4, 0.5) is 27.8 Å². The van der Waals surface area contributed by atoms with Crippen LogP contribution in [0.2, 0.25) is 5.02 Å². The lowest BCUT2D eigenvalue weighted by Gasteiger charge is -2.34. The second kappa shape index (κ2) is 8.94. The fourth-order valence-electron chi connectivity index (χ4n) is 4.60. The van der Waals surface area contributed by atoms with Crippen molar-refractivity contribution in [2.75, 3.05) is 43.9 Å². The lowest BCUT2D eigenvalue weighted by atomic mass is 9.95. The van der Waals surface area contributed by atoms with Crippen LogP contribution in [0.15, 0.2) is 27.9 Å². The smallest absolute Gasteiger partial charge is 0.353 e. The van der Waals surface area contributed by atoms with Crippen LogP contribution in [0.5, 0.6) is 0 Å². The fourth-order valence-corrected chi connectivity index (χ4v) is 5.96. The van der Waals surface area contributed by atoms with Gasteiger partial charge in [-0.05, 0) is 31.4 Å². The summed E-state index contributed by atoms with van der Waals surface area (Å²) in [5.41, 5.74) is -2.28. The summed E-state index contributed by atoms with van der Waals surface area (Å²) in [7, 11) is 1.94. The molecule has 2 aliphatic rings. The third kappa shape index (κ3) is 4.27. The average molecular weight is 531 g/mol. The molecule has 0 saturated carbocycles. The molecule has 3 heterocycles. The first-order valence-electron chi connectivity index (χ1n) is 11.0. The molecular weight excluding hydrogens is 511 g/mol. The lowest BCUT2D eigenvalue weighted by molar-refractivity contribution is -0.137. The first kappa shape index (κ1) is 24.3. The quantitative estimate of drug-likeness (QED) is 0.334.